The molecule has 0 atom stereocenters. The van der Waals surface area contributed by atoms with Crippen LogP contribution in [0.3, 0.4) is 0 Å². The highest BCUT2D eigenvalue weighted by Gasteiger charge is 2.22. The van der Waals surface area contributed by atoms with Gasteiger partial charge in [0.05, 0.1) is 32.8 Å². The van der Waals surface area contributed by atoms with E-state index in [9.17, 15) is 0 Å². The van der Waals surface area contributed by atoms with Crippen LogP contribution in [0.15, 0.2) is 0 Å². The van der Waals surface area contributed by atoms with Gasteiger partial charge < -0.3 is 4.48 Å². The van der Waals surface area contributed by atoms with E-state index in [0.717, 1.165) is 12.8 Å². The SMILES string of the molecule is C[N+]1(CCCC#N)CCCCCC1. The van der Waals surface area contributed by atoms with Crippen molar-refractivity contribution in [1.82, 2.24) is 0 Å². The summed E-state index contributed by atoms with van der Waals surface area (Å²) in [5.41, 5.74) is 0. The van der Waals surface area contributed by atoms with Gasteiger partial charge in [-0.2, -0.15) is 5.26 Å². The summed E-state index contributed by atoms with van der Waals surface area (Å²) in [5, 5.41) is 8.48. The number of hydrogen-bond acceptors (Lipinski definition) is 1. The van der Waals surface area contributed by atoms with Crippen LogP contribution < -0.4 is 0 Å². The van der Waals surface area contributed by atoms with Crippen molar-refractivity contribution >= 4 is 0 Å². The molecule has 1 aliphatic rings. The number of likely N-dealkylation sites (tertiary alicyclic amines) is 1. The maximum absolute atomic E-state index is 8.48. The van der Waals surface area contributed by atoms with E-state index in [-0.39, 0.29) is 0 Å². The van der Waals surface area contributed by atoms with E-state index in [4.69, 9.17) is 5.26 Å². The van der Waals surface area contributed by atoms with E-state index >= 15 is 0 Å². The fraction of sp³-hybridized carbons (Fsp3) is 0.909. The normalized spacial score (nSPS) is 21.8. The molecule has 0 aromatic carbocycles. The average molecular weight is 181 g/mol. The highest BCUT2D eigenvalue weighted by Crippen LogP contribution is 2.16. The summed E-state index contributed by atoms with van der Waals surface area (Å²) in [6.45, 7) is 3.85. The molecule has 13 heavy (non-hydrogen) atoms. The first-order valence-corrected chi connectivity index (χ1v) is 5.47. The molecule has 2 heteroatoms. The molecule has 1 saturated heterocycles. The predicted molar refractivity (Wildman–Crippen MR) is 54.1 cm³/mol. The second kappa shape index (κ2) is 5.24. The van der Waals surface area contributed by atoms with Crippen molar-refractivity contribution in [3.63, 3.8) is 0 Å². The van der Waals surface area contributed by atoms with Crippen molar-refractivity contribution in [3.8, 4) is 6.07 Å². The molecule has 0 bridgehead atoms. The van der Waals surface area contributed by atoms with Crippen LogP contribution in [0.5, 0.6) is 0 Å². The van der Waals surface area contributed by atoms with Crippen molar-refractivity contribution in [2.45, 2.75) is 38.5 Å². The van der Waals surface area contributed by atoms with Crippen LogP contribution in [0.4, 0.5) is 0 Å². The quantitative estimate of drug-likeness (QED) is 0.484. The summed E-state index contributed by atoms with van der Waals surface area (Å²) < 4.78 is 1.21. The van der Waals surface area contributed by atoms with Crippen LogP contribution in [0.2, 0.25) is 0 Å². The molecular formula is C11H21N2+. The first-order chi connectivity index (χ1) is 6.27. The first kappa shape index (κ1) is 10.5. The number of nitriles is 1. The van der Waals surface area contributed by atoms with Crippen LogP contribution in [0.25, 0.3) is 0 Å². The maximum atomic E-state index is 8.48. The molecule has 1 aliphatic heterocycles. The summed E-state index contributed by atoms with van der Waals surface area (Å²) in [4.78, 5) is 0. The lowest BCUT2D eigenvalue weighted by atomic mass is 10.2. The van der Waals surface area contributed by atoms with Crippen LogP contribution in [0.1, 0.15) is 38.5 Å². The minimum atomic E-state index is 0.730. The smallest absolute Gasteiger partial charge is 0.0794 e. The topological polar surface area (TPSA) is 23.8 Å². The van der Waals surface area contributed by atoms with Crippen LogP contribution >= 0.6 is 0 Å². The number of unbranched alkanes of at least 4 members (excludes halogenated alkanes) is 1. The van der Waals surface area contributed by atoms with Gasteiger partial charge in [0, 0.05) is 12.8 Å². The Morgan fingerprint density at radius 2 is 1.77 bits per heavy atom. The predicted octanol–water partition coefficient (Wildman–Crippen LogP) is 2.31. The third-order valence-electron chi connectivity index (χ3n) is 3.13. The Morgan fingerprint density at radius 1 is 1.15 bits per heavy atom. The molecule has 0 aromatic heterocycles. The van der Waals surface area contributed by atoms with Crippen molar-refractivity contribution in [3.05, 3.63) is 0 Å². The van der Waals surface area contributed by atoms with Crippen molar-refractivity contribution in [2.75, 3.05) is 26.7 Å². The first-order valence-electron chi connectivity index (χ1n) is 5.47. The van der Waals surface area contributed by atoms with Gasteiger partial charge >= 0.3 is 0 Å². The number of quaternary nitrogens is 1. The fourth-order valence-corrected chi connectivity index (χ4v) is 2.22. The Balaban J connectivity index is 2.30. The zero-order valence-electron chi connectivity index (χ0n) is 8.76. The lowest BCUT2D eigenvalue weighted by Gasteiger charge is -2.33. The van der Waals surface area contributed by atoms with Gasteiger partial charge in [0.25, 0.3) is 0 Å². The van der Waals surface area contributed by atoms with Crippen molar-refractivity contribution in [2.24, 2.45) is 0 Å². The van der Waals surface area contributed by atoms with Gasteiger partial charge in [-0.15, -0.1) is 0 Å². The molecule has 1 rings (SSSR count). The molecule has 0 aromatic rings. The van der Waals surface area contributed by atoms with Gasteiger partial charge in [0.15, 0.2) is 0 Å². The molecule has 0 aliphatic carbocycles. The number of rotatable bonds is 3. The number of nitrogens with zero attached hydrogens (tertiary/aromatic N) is 2. The molecule has 2 nitrogen and oxygen atoms in total. The monoisotopic (exact) mass is 181 g/mol. The second-order valence-electron chi connectivity index (χ2n) is 4.47. The van der Waals surface area contributed by atoms with E-state index in [2.05, 4.69) is 13.1 Å². The Hall–Kier alpha value is -0.550. The van der Waals surface area contributed by atoms with E-state index < -0.39 is 0 Å². The fourth-order valence-electron chi connectivity index (χ4n) is 2.22. The highest BCUT2D eigenvalue weighted by molar-refractivity contribution is 4.68. The second-order valence-corrected chi connectivity index (χ2v) is 4.47. The molecule has 0 saturated carbocycles. The summed E-state index contributed by atoms with van der Waals surface area (Å²) in [6.07, 6.45) is 7.38. The lowest BCUT2D eigenvalue weighted by Crippen LogP contribution is -2.45. The van der Waals surface area contributed by atoms with Gasteiger partial charge in [-0.3, -0.25) is 0 Å². The molecule has 0 spiro atoms. The molecular weight excluding hydrogens is 160 g/mol. The van der Waals surface area contributed by atoms with E-state index in [1.54, 1.807) is 0 Å². The lowest BCUT2D eigenvalue weighted by molar-refractivity contribution is -0.909. The van der Waals surface area contributed by atoms with Gasteiger partial charge in [-0.05, 0) is 25.7 Å². The zero-order chi connectivity index (χ0) is 9.57. The molecule has 0 unspecified atom stereocenters. The van der Waals surface area contributed by atoms with Gasteiger partial charge in [-0.1, -0.05) is 0 Å². The standard InChI is InChI=1S/C11H21N2/c1-13(11-7-4-8-12)9-5-2-3-6-10-13/h2-7,9-11H2,1H3/q+1. The van der Waals surface area contributed by atoms with E-state index in [1.807, 2.05) is 0 Å². The minimum Gasteiger partial charge on any atom is -0.326 e. The Labute approximate surface area is 81.7 Å². The summed E-state index contributed by atoms with van der Waals surface area (Å²) in [6, 6.07) is 2.23. The van der Waals surface area contributed by atoms with E-state index in [0.29, 0.717) is 0 Å². The third-order valence-corrected chi connectivity index (χ3v) is 3.13. The summed E-state index contributed by atoms with van der Waals surface area (Å²) >= 11 is 0. The Morgan fingerprint density at radius 3 is 2.31 bits per heavy atom. The third kappa shape index (κ3) is 3.78. The van der Waals surface area contributed by atoms with Crippen molar-refractivity contribution in [1.29, 1.82) is 5.26 Å². The average Bonchev–Trinajstić information content (AvgIpc) is 2.31. The van der Waals surface area contributed by atoms with E-state index in [1.165, 1.54) is 49.8 Å². The molecule has 74 valence electrons. The summed E-state index contributed by atoms with van der Waals surface area (Å²) in [7, 11) is 2.35. The van der Waals surface area contributed by atoms with Crippen LogP contribution in [-0.4, -0.2) is 31.2 Å². The van der Waals surface area contributed by atoms with Gasteiger partial charge in [-0.25, -0.2) is 0 Å². The van der Waals surface area contributed by atoms with Gasteiger partial charge in [0.2, 0.25) is 0 Å². The number of hydrogen-bond donors (Lipinski definition) is 0. The minimum absolute atomic E-state index is 0.730. The molecule has 0 N–H and O–H groups in total. The van der Waals surface area contributed by atoms with Gasteiger partial charge in [0.1, 0.15) is 0 Å². The molecule has 0 radical (unpaired) electrons. The molecule has 1 fully saturated rings. The zero-order valence-corrected chi connectivity index (χ0v) is 8.76. The van der Waals surface area contributed by atoms with Crippen LogP contribution in [0, 0.1) is 11.3 Å². The Kier molecular flexibility index (Phi) is 4.24. The van der Waals surface area contributed by atoms with Crippen LogP contribution in [-0.2, 0) is 0 Å². The highest BCUT2D eigenvalue weighted by atomic mass is 15.3. The van der Waals surface area contributed by atoms with Crippen molar-refractivity contribution < 1.29 is 4.48 Å². The molecule has 0 amide bonds. The molecule has 1 heterocycles. The largest absolute Gasteiger partial charge is 0.326 e. The maximum Gasteiger partial charge on any atom is 0.0794 e. The Bertz CT molecular complexity index is 173. The summed E-state index contributed by atoms with van der Waals surface area (Å²) in [5.74, 6) is 0.